The topological polar surface area (TPSA) is 38.3 Å². The van der Waals surface area contributed by atoms with Crippen molar-refractivity contribution in [2.75, 3.05) is 13.7 Å². The van der Waals surface area contributed by atoms with Gasteiger partial charge in [0.05, 0.1) is 7.11 Å². The summed E-state index contributed by atoms with van der Waals surface area (Å²) in [7, 11) is 1.35. The average Bonchev–Trinajstić information content (AvgIpc) is 2.27. The van der Waals surface area contributed by atoms with Crippen molar-refractivity contribution in [2.24, 2.45) is 0 Å². The Labute approximate surface area is 111 Å². The summed E-state index contributed by atoms with van der Waals surface area (Å²) in [5.74, 6) is -0.386. The van der Waals surface area contributed by atoms with Gasteiger partial charge in [-0.2, -0.15) is 0 Å². The molecule has 0 bridgehead atoms. The van der Waals surface area contributed by atoms with Gasteiger partial charge in [-0.1, -0.05) is 36.2 Å². The average molecular weight is 276 g/mol. The Hall–Kier alpha value is -0.770. The van der Waals surface area contributed by atoms with Crippen molar-refractivity contribution in [2.45, 2.75) is 19.4 Å². The van der Waals surface area contributed by atoms with Crippen LogP contribution in [-0.2, 0) is 15.1 Å². The van der Waals surface area contributed by atoms with E-state index in [1.54, 1.807) is 25.1 Å². The number of rotatable bonds is 4. The van der Waals surface area contributed by atoms with Gasteiger partial charge in [0.25, 0.3) is 0 Å². The maximum Gasteiger partial charge on any atom is 0.330 e. The molecule has 0 heterocycles. The molecule has 0 saturated heterocycles. The van der Waals surface area contributed by atoms with Gasteiger partial charge in [-0.25, -0.2) is 4.79 Å². The highest BCUT2D eigenvalue weighted by molar-refractivity contribution is 6.35. The molecule has 0 aliphatic rings. The zero-order valence-corrected chi connectivity index (χ0v) is 11.5. The van der Waals surface area contributed by atoms with Gasteiger partial charge in [-0.3, -0.25) is 5.32 Å². The lowest BCUT2D eigenvalue weighted by Crippen LogP contribution is -2.47. The smallest absolute Gasteiger partial charge is 0.330 e. The van der Waals surface area contributed by atoms with Crippen LogP contribution in [0.4, 0.5) is 0 Å². The van der Waals surface area contributed by atoms with E-state index < -0.39 is 5.54 Å². The summed E-state index contributed by atoms with van der Waals surface area (Å²) in [6, 6.07) is 5.03. The summed E-state index contributed by atoms with van der Waals surface area (Å²) in [4.78, 5) is 11.9. The first-order valence-corrected chi connectivity index (χ1v) is 6.00. The third kappa shape index (κ3) is 2.92. The minimum Gasteiger partial charge on any atom is -0.467 e. The number of esters is 1. The molecular formula is C12H15Cl2NO2. The third-order valence-corrected chi connectivity index (χ3v) is 3.14. The fraction of sp³-hybridized carbons (Fsp3) is 0.417. The van der Waals surface area contributed by atoms with E-state index in [2.05, 4.69) is 5.32 Å². The number of carbonyl (C=O) groups excluding carboxylic acids is 1. The van der Waals surface area contributed by atoms with Crippen LogP contribution in [0.2, 0.25) is 10.0 Å². The fourth-order valence-corrected chi connectivity index (χ4v) is 2.33. The first-order chi connectivity index (χ1) is 7.95. The van der Waals surface area contributed by atoms with E-state index in [4.69, 9.17) is 27.9 Å². The summed E-state index contributed by atoms with van der Waals surface area (Å²) in [5.41, 5.74) is -0.317. The maximum atomic E-state index is 11.9. The van der Waals surface area contributed by atoms with Crippen LogP contribution in [0.1, 0.15) is 19.4 Å². The molecule has 3 nitrogen and oxygen atoms in total. The van der Waals surface area contributed by atoms with Crippen LogP contribution < -0.4 is 5.32 Å². The number of methoxy groups -OCH3 is 1. The molecule has 0 aliphatic heterocycles. The second-order valence-electron chi connectivity index (χ2n) is 3.77. The highest BCUT2D eigenvalue weighted by atomic mass is 35.5. The summed E-state index contributed by atoms with van der Waals surface area (Å²) in [6.07, 6.45) is 0. The lowest BCUT2D eigenvalue weighted by Gasteiger charge is -2.28. The number of benzene rings is 1. The van der Waals surface area contributed by atoms with E-state index in [0.29, 0.717) is 22.2 Å². The Bertz CT molecular complexity index is 423. The number of ether oxygens (including phenoxy) is 1. The molecule has 0 aliphatic carbocycles. The van der Waals surface area contributed by atoms with E-state index in [1.807, 2.05) is 6.92 Å². The molecule has 0 fully saturated rings. The molecule has 1 rings (SSSR count). The first-order valence-electron chi connectivity index (χ1n) is 5.24. The molecule has 0 amide bonds. The van der Waals surface area contributed by atoms with Gasteiger partial charge < -0.3 is 4.74 Å². The van der Waals surface area contributed by atoms with Crippen molar-refractivity contribution in [1.29, 1.82) is 0 Å². The van der Waals surface area contributed by atoms with Gasteiger partial charge in [-0.05, 0) is 25.6 Å². The van der Waals surface area contributed by atoms with Crippen molar-refractivity contribution in [3.05, 3.63) is 33.8 Å². The van der Waals surface area contributed by atoms with Crippen molar-refractivity contribution in [1.82, 2.24) is 5.32 Å². The molecule has 0 spiro atoms. The van der Waals surface area contributed by atoms with E-state index in [1.165, 1.54) is 7.11 Å². The minimum atomic E-state index is -0.967. The van der Waals surface area contributed by atoms with E-state index in [0.717, 1.165) is 0 Å². The highest BCUT2D eigenvalue weighted by Gasteiger charge is 2.37. The standard InChI is InChI=1S/C12H15Cl2NO2/c1-4-15-12(2,11(16)17-3)9-6-5-8(13)7-10(9)14/h5-7,15H,4H2,1-3H3. The lowest BCUT2D eigenvalue weighted by atomic mass is 9.92. The monoisotopic (exact) mass is 275 g/mol. The van der Waals surface area contributed by atoms with Crippen LogP contribution in [0.3, 0.4) is 0 Å². The van der Waals surface area contributed by atoms with Gasteiger partial charge in [0.15, 0.2) is 0 Å². The molecule has 0 radical (unpaired) electrons. The highest BCUT2D eigenvalue weighted by Crippen LogP contribution is 2.31. The van der Waals surface area contributed by atoms with Crippen LogP contribution in [0.5, 0.6) is 0 Å². The minimum absolute atomic E-state index is 0.386. The van der Waals surface area contributed by atoms with Gasteiger partial charge in [0.1, 0.15) is 5.54 Å². The van der Waals surface area contributed by atoms with Gasteiger partial charge in [0, 0.05) is 15.6 Å². The molecule has 1 unspecified atom stereocenters. The Kier molecular flexibility index (Phi) is 4.80. The van der Waals surface area contributed by atoms with Crippen LogP contribution >= 0.6 is 23.2 Å². The summed E-state index contributed by atoms with van der Waals surface area (Å²) in [6.45, 7) is 4.26. The van der Waals surface area contributed by atoms with Crippen LogP contribution in [0.15, 0.2) is 18.2 Å². The molecule has 0 saturated carbocycles. The van der Waals surface area contributed by atoms with Crippen molar-refractivity contribution >= 4 is 29.2 Å². The zero-order valence-electron chi connectivity index (χ0n) is 10.0. The van der Waals surface area contributed by atoms with Crippen molar-refractivity contribution < 1.29 is 9.53 Å². The quantitative estimate of drug-likeness (QED) is 0.859. The van der Waals surface area contributed by atoms with E-state index in [9.17, 15) is 4.79 Å². The molecule has 0 aromatic heterocycles. The maximum absolute atomic E-state index is 11.9. The van der Waals surface area contributed by atoms with Crippen LogP contribution in [-0.4, -0.2) is 19.6 Å². The van der Waals surface area contributed by atoms with Gasteiger partial charge >= 0.3 is 5.97 Å². The van der Waals surface area contributed by atoms with Crippen LogP contribution in [0.25, 0.3) is 0 Å². The van der Waals surface area contributed by atoms with Crippen LogP contribution in [0, 0.1) is 0 Å². The molecule has 1 atom stereocenters. The molecule has 5 heteroatoms. The number of halogens is 2. The van der Waals surface area contributed by atoms with E-state index >= 15 is 0 Å². The third-order valence-electron chi connectivity index (χ3n) is 2.59. The number of likely N-dealkylation sites (N-methyl/N-ethyl adjacent to an activating group) is 1. The predicted molar refractivity (Wildman–Crippen MR) is 69.5 cm³/mol. The molecule has 17 heavy (non-hydrogen) atoms. The number of hydrogen-bond donors (Lipinski definition) is 1. The van der Waals surface area contributed by atoms with Gasteiger partial charge in [0.2, 0.25) is 0 Å². The predicted octanol–water partition coefficient (Wildman–Crippen LogP) is 2.99. The lowest BCUT2D eigenvalue weighted by molar-refractivity contribution is -0.148. The van der Waals surface area contributed by atoms with Crippen molar-refractivity contribution in [3.8, 4) is 0 Å². The van der Waals surface area contributed by atoms with Gasteiger partial charge in [-0.15, -0.1) is 0 Å². The largest absolute Gasteiger partial charge is 0.467 e. The Morgan fingerprint density at radius 1 is 1.47 bits per heavy atom. The Morgan fingerprint density at radius 2 is 2.12 bits per heavy atom. The summed E-state index contributed by atoms with van der Waals surface area (Å²) < 4.78 is 4.81. The second-order valence-corrected chi connectivity index (χ2v) is 4.61. The summed E-state index contributed by atoms with van der Waals surface area (Å²) in [5, 5.41) is 4.05. The first kappa shape index (κ1) is 14.3. The molecule has 1 aromatic carbocycles. The van der Waals surface area contributed by atoms with Crippen molar-refractivity contribution in [3.63, 3.8) is 0 Å². The number of nitrogens with one attached hydrogen (secondary N) is 1. The zero-order chi connectivity index (χ0) is 13.1. The summed E-state index contributed by atoms with van der Waals surface area (Å²) >= 11 is 12.0. The second kappa shape index (κ2) is 5.71. The molecule has 1 N–H and O–H groups in total. The van der Waals surface area contributed by atoms with E-state index in [-0.39, 0.29) is 5.97 Å². The normalized spacial score (nSPS) is 14.2. The molecule has 1 aromatic rings. The number of carbonyl (C=O) groups is 1. The SMILES string of the molecule is CCNC(C)(C(=O)OC)c1ccc(Cl)cc1Cl. The molecule has 94 valence electrons. The Balaban J connectivity index is 3.26. The number of hydrogen-bond acceptors (Lipinski definition) is 3. The molecular weight excluding hydrogens is 261 g/mol. The Morgan fingerprint density at radius 3 is 2.59 bits per heavy atom. The fourth-order valence-electron chi connectivity index (χ4n) is 1.73.